The average Bonchev–Trinajstić information content (AvgIpc) is 3.08. The van der Waals surface area contributed by atoms with E-state index in [-0.39, 0.29) is 45.7 Å². The molecule has 33 heavy (non-hydrogen) atoms. The Labute approximate surface area is 203 Å². The van der Waals surface area contributed by atoms with Crippen LogP contribution in [0.25, 0.3) is 0 Å². The van der Waals surface area contributed by atoms with Crippen molar-refractivity contribution in [3.05, 3.63) is 11.6 Å². The minimum absolute atomic E-state index is 0.0503. The van der Waals surface area contributed by atoms with E-state index in [0.29, 0.717) is 11.8 Å². The summed E-state index contributed by atoms with van der Waals surface area (Å²) in [5, 5.41) is 34.3. The van der Waals surface area contributed by atoms with Crippen molar-refractivity contribution in [3.63, 3.8) is 0 Å². The monoisotopic (exact) mass is 460 g/mol. The van der Waals surface area contributed by atoms with Crippen LogP contribution in [0.15, 0.2) is 11.6 Å². The summed E-state index contributed by atoms with van der Waals surface area (Å²) in [5.74, 6) is 1.31. The summed E-state index contributed by atoms with van der Waals surface area (Å²) < 4.78 is 0. The van der Waals surface area contributed by atoms with Gasteiger partial charge in [0.2, 0.25) is 0 Å². The average molecular weight is 461 g/mol. The summed E-state index contributed by atoms with van der Waals surface area (Å²) in [6.07, 6.45) is 10.6. The smallest absolute Gasteiger partial charge is 0.0654 e. The highest BCUT2D eigenvalue weighted by molar-refractivity contribution is 5.20. The van der Waals surface area contributed by atoms with Gasteiger partial charge in [-0.1, -0.05) is 46.3 Å². The van der Waals surface area contributed by atoms with Gasteiger partial charge in [-0.15, -0.1) is 0 Å². The Hall–Kier alpha value is -0.380. The molecule has 0 aromatic carbocycles. The number of fused-ring (bicyclic) bond motifs is 5. The van der Waals surface area contributed by atoms with Crippen LogP contribution in [0, 0.1) is 45.3 Å². The highest BCUT2D eigenvalue weighted by Crippen LogP contribution is 2.75. The Morgan fingerprint density at radius 2 is 1.55 bits per heavy atom. The number of rotatable bonds is 4. The minimum atomic E-state index is -0.739. The molecular weight excluding hydrogens is 408 g/mol. The van der Waals surface area contributed by atoms with Gasteiger partial charge in [0.15, 0.2) is 0 Å². The molecule has 190 valence electrons. The summed E-state index contributed by atoms with van der Waals surface area (Å²) in [6.45, 7) is 18.3. The molecule has 0 aromatic rings. The van der Waals surface area contributed by atoms with Gasteiger partial charge in [0.1, 0.15) is 0 Å². The summed E-state index contributed by atoms with van der Waals surface area (Å²) in [4.78, 5) is 0. The minimum Gasteiger partial charge on any atom is -0.393 e. The molecule has 0 amide bonds. The molecule has 0 saturated heterocycles. The maximum Gasteiger partial charge on any atom is 0.0654 e. The van der Waals surface area contributed by atoms with Crippen LogP contribution in [0.1, 0.15) is 113 Å². The van der Waals surface area contributed by atoms with Crippen molar-refractivity contribution in [2.45, 2.75) is 131 Å². The number of aliphatic hydroxyl groups is 3. The van der Waals surface area contributed by atoms with E-state index in [2.05, 4.69) is 54.5 Å². The number of hydrogen-bond acceptors (Lipinski definition) is 3. The lowest BCUT2D eigenvalue weighted by Crippen LogP contribution is -2.66. The SMILES string of the molecule is CC(C)=CCC[C@](C)(O)[C@@H]1CC[C@]2(C)[C@@H]1[C@H](O)C[C@H]1[C@@]3(C)CC[C@H](O)C(C)(C)[C@@H]3CC[C@@]12C. The first kappa shape index (κ1) is 25.7. The van der Waals surface area contributed by atoms with Crippen LogP contribution >= 0.6 is 0 Å². The summed E-state index contributed by atoms with van der Waals surface area (Å²) >= 11 is 0. The molecule has 4 aliphatic carbocycles. The van der Waals surface area contributed by atoms with Crippen LogP contribution in [-0.4, -0.2) is 33.1 Å². The first-order valence-electron chi connectivity index (χ1n) is 13.8. The van der Waals surface area contributed by atoms with Crippen LogP contribution in [0.5, 0.6) is 0 Å². The van der Waals surface area contributed by atoms with Crippen molar-refractivity contribution in [1.82, 2.24) is 0 Å². The fourth-order valence-corrected chi connectivity index (χ4v) is 10.3. The van der Waals surface area contributed by atoms with Crippen molar-refractivity contribution in [2.75, 3.05) is 0 Å². The molecule has 3 N–H and O–H groups in total. The zero-order valence-electron chi connectivity index (χ0n) is 22.7. The van der Waals surface area contributed by atoms with Crippen LogP contribution in [0.4, 0.5) is 0 Å². The van der Waals surface area contributed by atoms with E-state index in [9.17, 15) is 15.3 Å². The van der Waals surface area contributed by atoms with Crippen molar-refractivity contribution in [1.29, 1.82) is 0 Å². The second-order valence-corrected chi connectivity index (χ2v) is 14.5. The molecule has 0 spiro atoms. The van der Waals surface area contributed by atoms with Gasteiger partial charge < -0.3 is 15.3 Å². The third-order valence-electron chi connectivity index (χ3n) is 12.4. The third-order valence-corrected chi connectivity index (χ3v) is 12.4. The van der Waals surface area contributed by atoms with Gasteiger partial charge in [0, 0.05) is 0 Å². The van der Waals surface area contributed by atoms with Crippen molar-refractivity contribution >= 4 is 0 Å². The molecule has 0 bridgehead atoms. The molecule has 10 atom stereocenters. The number of allylic oxidation sites excluding steroid dienone is 2. The fourth-order valence-electron chi connectivity index (χ4n) is 10.3. The van der Waals surface area contributed by atoms with Crippen LogP contribution in [-0.2, 0) is 0 Å². The van der Waals surface area contributed by atoms with Gasteiger partial charge in [0.25, 0.3) is 0 Å². The first-order chi connectivity index (χ1) is 15.1. The van der Waals surface area contributed by atoms with Gasteiger partial charge >= 0.3 is 0 Å². The molecule has 4 fully saturated rings. The fraction of sp³-hybridized carbons (Fsp3) is 0.933. The summed E-state index contributed by atoms with van der Waals surface area (Å²) in [5.41, 5.74) is 0.885. The topological polar surface area (TPSA) is 60.7 Å². The van der Waals surface area contributed by atoms with Crippen LogP contribution < -0.4 is 0 Å². The Kier molecular flexibility index (Phi) is 6.28. The van der Waals surface area contributed by atoms with E-state index in [4.69, 9.17) is 0 Å². The molecule has 4 saturated carbocycles. The van der Waals surface area contributed by atoms with Gasteiger partial charge in [0.05, 0.1) is 17.8 Å². The largest absolute Gasteiger partial charge is 0.393 e. The van der Waals surface area contributed by atoms with E-state index in [0.717, 1.165) is 44.9 Å². The molecule has 0 aromatic heterocycles. The molecule has 0 heterocycles. The maximum atomic E-state index is 11.8. The highest BCUT2D eigenvalue weighted by atomic mass is 16.3. The predicted molar refractivity (Wildman–Crippen MR) is 136 cm³/mol. The van der Waals surface area contributed by atoms with Crippen molar-refractivity contribution in [2.24, 2.45) is 45.3 Å². The molecule has 4 aliphatic rings. The summed E-state index contributed by atoms with van der Waals surface area (Å²) in [7, 11) is 0. The molecule has 3 nitrogen and oxygen atoms in total. The van der Waals surface area contributed by atoms with Crippen molar-refractivity contribution in [3.8, 4) is 0 Å². The second kappa shape index (κ2) is 8.07. The van der Waals surface area contributed by atoms with Gasteiger partial charge in [-0.25, -0.2) is 0 Å². The third kappa shape index (κ3) is 3.61. The Bertz CT molecular complexity index is 779. The predicted octanol–water partition coefficient (Wildman–Crippen LogP) is 6.50. The van der Waals surface area contributed by atoms with Gasteiger partial charge in [-0.3, -0.25) is 0 Å². The molecule has 0 radical (unpaired) electrons. The van der Waals surface area contributed by atoms with Crippen LogP contribution in [0.3, 0.4) is 0 Å². The lowest BCUT2D eigenvalue weighted by molar-refractivity contribution is -0.246. The molecule has 4 rings (SSSR count). The zero-order chi connectivity index (χ0) is 24.6. The maximum absolute atomic E-state index is 11.8. The van der Waals surface area contributed by atoms with Crippen LogP contribution in [0.2, 0.25) is 0 Å². The van der Waals surface area contributed by atoms with E-state index >= 15 is 0 Å². The summed E-state index contributed by atoms with van der Waals surface area (Å²) in [6, 6.07) is 0. The normalized spacial score (nSPS) is 50.5. The van der Waals surface area contributed by atoms with Crippen molar-refractivity contribution < 1.29 is 15.3 Å². The Balaban J connectivity index is 1.66. The zero-order valence-corrected chi connectivity index (χ0v) is 22.7. The Morgan fingerprint density at radius 1 is 0.909 bits per heavy atom. The lowest BCUT2D eigenvalue weighted by Gasteiger charge is -2.70. The first-order valence-corrected chi connectivity index (χ1v) is 13.8. The standard InChI is InChI=1S/C30H52O3/c1-19(2)10-9-14-30(8,33)20-11-16-29(7)25(20)21(31)18-23-27(5)15-13-24(32)26(3,4)22(27)12-17-28(23,29)6/h10,20-25,31-33H,9,11-18H2,1-8H3/t20-,21-,22+,23+,24+,25+,27+,28+,29-,30+/m1/s1. The quantitative estimate of drug-likeness (QED) is 0.420. The molecule has 0 aliphatic heterocycles. The molecule has 0 unspecified atom stereocenters. The van der Waals surface area contributed by atoms with Gasteiger partial charge in [-0.05, 0) is 124 Å². The Morgan fingerprint density at radius 3 is 2.18 bits per heavy atom. The van der Waals surface area contributed by atoms with E-state index in [1.807, 2.05) is 6.92 Å². The second-order valence-electron chi connectivity index (χ2n) is 14.5. The molecule has 3 heteroatoms. The lowest BCUT2D eigenvalue weighted by atomic mass is 9.35. The molecular formula is C30H52O3. The van der Waals surface area contributed by atoms with E-state index < -0.39 is 5.60 Å². The number of hydrogen-bond donors (Lipinski definition) is 3. The highest BCUT2D eigenvalue weighted by Gasteiger charge is 2.71. The van der Waals surface area contributed by atoms with E-state index in [1.54, 1.807) is 0 Å². The van der Waals surface area contributed by atoms with Gasteiger partial charge in [-0.2, -0.15) is 0 Å². The number of aliphatic hydroxyl groups excluding tert-OH is 2. The van der Waals surface area contributed by atoms with E-state index in [1.165, 1.54) is 18.4 Å².